The van der Waals surface area contributed by atoms with Crippen LogP contribution in [0.4, 0.5) is 0 Å². The zero-order chi connectivity index (χ0) is 7.72. The van der Waals surface area contributed by atoms with Crippen molar-refractivity contribution in [2.75, 3.05) is 0 Å². The fourth-order valence-corrected chi connectivity index (χ4v) is 1.10. The van der Waals surface area contributed by atoms with Crippen molar-refractivity contribution in [1.29, 1.82) is 0 Å². The molecule has 1 aliphatic heterocycles. The summed E-state index contributed by atoms with van der Waals surface area (Å²) in [6.45, 7) is 1.69. The molecule has 1 saturated heterocycles. The van der Waals surface area contributed by atoms with Gasteiger partial charge in [0.25, 0.3) is 0 Å². The van der Waals surface area contributed by atoms with Crippen LogP contribution in [0.2, 0.25) is 0 Å². The average Bonchev–Trinajstić information content (AvgIpc) is 1.82. The predicted octanol–water partition coefficient (Wildman–Crippen LogP) is -1.20. The second-order valence-corrected chi connectivity index (χ2v) is 2.69. The summed E-state index contributed by atoms with van der Waals surface area (Å²) in [7, 11) is 0. The van der Waals surface area contributed by atoms with Gasteiger partial charge in [-0.1, -0.05) is 0 Å². The average molecular weight is 147 g/mol. The standard InChI is InChI=1S/C6H13NO3/c1-3-6(9)4(7)2-5(8)10-3/h3-6,8-9H,2,7H2,1H3/t3-,4+,5+,6-/m1/s1. The number of aliphatic hydroxyl groups is 2. The highest BCUT2D eigenvalue weighted by atomic mass is 16.6. The molecule has 1 heterocycles. The minimum absolute atomic E-state index is 0.311. The summed E-state index contributed by atoms with van der Waals surface area (Å²) in [5.41, 5.74) is 5.47. The van der Waals surface area contributed by atoms with Crippen LogP contribution in [-0.2, 0) is 4.74 Å². The van der Waals surface area contributed by atoms with Crippen molar-refractivity contribution in [3.8, 4) is 0 Å². The molecule has 4 heteroatoms. The Labute approximate surface area is 59.6 Å². The van der Waals surface area contributed by atoms with Crippen LogP contribution in [0.1, 0.15) is 13.3 Å². The van der Waals surface area contributed by atoms with E-state index in [9.17, 15) is 5.11 Å². The Hall–Kier alpha value is -0.160. The molecule has 0 saturated carbocycles. The van der Waals surface area contributed by atoms with Gasteiger partial charge in [0, 0.05) is 12.5 Å². The van der Waals surface area contributed by atoms with Gasteiger partial charge >= 0.3 is 0 Å². The third-order valence-electron chi connectivity index (χ3n) is 1.77. The van der Waals surface area contributed by atoms with E-state index in [1.54, 1.807) is 6.92 Å². The van der Waals surface area contributed by atoms with Crippen molar-refractivity contribution in [1.82, 2.24) is 0 Å². The third-order valence-corrected chi connectivity index (χ3v) is 1.77. The molecule has 4 atom stereocenters. The van der Waals surface area contributed by atoms with Crippen LogP contribution >= 0.6 is 0 Å². The highest BCUT2D eigenvalue weighted by Crippen LogP contribution is 2.16. The first kappa shape index (κ1) is 7.94. The van der Waals surface area contributed by atoms with Crippen LogP contribution in [0.3, 0.4) is 0 Å². The first-order valence-electron chi connectivity index (χ1n) is 3.38. The largest absolute Gasteiger partial charge is 0.389 e. The molecule has 10 heavy (non-hydrogen) atoms. The normalized spacial score (nSPS) is 49.2. The van der Waals surface area contributed by atoms with Crippen molar-refractivity contribution in [3.05, 3.63) is 0 Å². The van der Waals surface area contributed by atoms with Gasteiger partial charge < -0.3 is 20.7 Å². The van der Waals surface area contributed by atoms with Crippen LogP contribution in [-0.4, -0.2) is 34.8 Å². The van der Waals surface area contributed by atoms with Gasteiger partial charge in [0.05, 0.1) is 12.2 Å². The van der Waals surface area contributed by atoms with Crippen molar-refractivity contribution in [3.63, 3.8) is 0 Å². The molecule has 4 N–H and O–H groups in total. The lowest BCUT2D eigenvalue weighted by molar-refractivity contribution is -0.198. The first-order valence-corrected chi connectivity index (χ1v) is 3.38. The van der Waals surface area contributed by atoms with E-state index in [0.717, 1.165) is 0 Å². The Balaban J connectivity index is 2.49. The molecule has 0 aromatic heterocycles. The lowest BCUT2D eigenvalue weighted by Gasteiger charge is -2.33. The summed E-state index contributed by atoms with van der Waals surface area (Å²) >= 11 is 0. The Kier molecular flexibility index (Phi) is 2.25. The number of hydrogen-bond acceptors (Lipinski definition) is 4. The van der Waals surface area contributed by atoms with Crippen molar-refractivity contribution < 1.29 is 14.9 Å². The lowest BCUT2D eigenvalue weighted by Crippen LogP contribution is -2.51. The van der Waals surface area contributed by atoms with Crippen LogP contribution in [0.5, 0.6) is 0 Å². The summed E-state index contributed by atoms with van der Waals surface area (Å²) in [5.74, 6) is 0. The summed E-state index contributed by atoms with van der Waals surface area (Å²) in [4.78, 5) is 0. The molecule has 0 amide bonds. The predicted molar refractivity (Wildman–Crippen MR) is 35.2 cm³/mol. The molecule has 0 bridgehead atoms. The molecule has 0 radical (unpaired) electrons. The van der Waals surface area contributed by atoms with E-state index in [-0.39, 0.29) is 12.1 Å². The van der Waals surface area contributed by atoms with Gasteiger partial charge in [-0.2, -0.15) is 0 Å². The molecule has 1 aliphatic rings. The Morgan fingerprint density at radius 3 is 2.60 bits per heavy atom. The van der Waals surface area contributed by atoms with Crippen molar-refractivity contribution >= 4 is 0 Å². The maximum atomic E-state index is 9.20. The van der Waals surface area contributed by atoms with Gasteiger partial charge in [-0.3, -0.25) is 0 Å². The van der Waals surface area contributed by atoms with Gasteiger partial charge in [0.15, 0.2) is 6.29 Å². The number of ether oxygens (including phenoxy) is 1. The van der Waals surface area contributed by atoms with Gasteiger partial charge in [-0.05, 0) is 6.92 Å². The first-order chi connectivity index (χ1) is 4.61. The molecule has 0 aromatic rings. The van der Waals surface area contributed by atoms with E-state index in [1.165, 1.54) is 0 Å². The van der Waals surface area contributed by atoms with E-state index in [4.69, 9.17) is 15.6 Å². The second-order valence-electron chi connectivity index (χ2n) is 2.69. The molecule has 0 aliphatic carbocycles. The van der Waals surface area contributed by atoms with E-state index in [1.807, 2.05) is 0 Å². The fraction of sp³-hybridized carbons (Fsp3) is 1.00. The molecule has 1 rings (SSSR count). The summed E-state index contributed by atoms with van der Waals surface area (Å²) in [6, 6.07) is -0.362. The molecular formula is C6H13NO3. The highest BCUT2D eigenvalue weighted by molar-refractivity contribution is 4.82. The van der Waals surface area contributed by atoms with E-state index in [2.05, 4.69) is 0 Å². The maximum Gasteiger partial charge on any atom is 0.156 e. The minimum atomic E-state index is -0.812. The molecule has 1 fully saturated rings. The zero-order valence-corrected chi connectivity index (χ0v) is 5.90. The number of nitrogens with two attached hydrogens (primary N) is 1. The molecule has 0 spiro atoms. The van der Waals surface area contributed by atoms with Crippen molar-refractivity contribution in [2.45, 2.75) is 37.9 Å². The van der Waals surface area contributed by atoms with Crippen LogP contribution < -0.4 is 5.73 Å². The Morgan fingerprint density at radius 1 is 1.50 bits per heavy atom. The third kappa shape index (κ3) is 1.46. The summed E-state index contributed by atoms with van der Waals surface area (Å²) in [5, 5.41) is 18.2. The maximum absolute atomic E-state index is 9.20. The smallest absolute Gasteiger partial charge is 0.156 e. The quantitative estimate of drug-likeness (QED) is 0.402. The topological polar surface area (TPSA) is 75.7 Å². The van der Waals surface area contributed by atoms with Gasteiger partial charge in [0.2, 0.25) is 0 Å². The molecule has 0 unspecified atom stereocenters. The Bertz CT molecular complexity index is 108. The second kappa shape index (κ2) is 2.84. The van der Waals surface area contributed by atoms with Crippen LogP contribution in [0.25, 0.3) is 0 Å². The SMILES string of the molecule is C[C@H]1O[C@H](O)C[C@H](N)[C@@H]1O. The number of aliphatic hydroxyl groups excluding tert-OH is 2. The lowest BCUT2D eigenvalue weighted by atomic mass is 10.0. The Morgan fingerprint density at radius 2 is 2.10 bits per heavy atom. The van der Waals surface area contributed by atoms with Gasteiger partial charge in [-0.25, -0.2) is 0 Å². The van der Waals surface area contributed by atoms with Crippen LogP contribution in [0.15, 0.2) is 0 Å². The van der Waals surface area contributed by atoms with E-state index >= 15 is 0 Å². The summed E-state index contributed by atoms with van der Waals surface area (Å²) in [6.07, 6.45) is -1.51. The number of hydrogen-bond donors (Lipinski definition) is 3. The summed E-state index contributed by atoms with van der Waals surface area (Å²) < 4.78 is 4.89. The van der Waals surface area contributed by atoms with E-state index in [0.29, 0.717) is 6.42 Å². The van der Waals surface area contributed by atoms with Crippen LogP contribution in [0, 0.1) is 0 Å². The monoisotopic (exact) mass is 147 g/mol. The van der Waals surface area contributed by atoms with Gasteiger partial charge in [-0.15, -0.1) is 0 Å². The zero-order valence-electron chi connectivity index (χ0n) is 5.90. The van der Waals surface area contributed by atoms with E-state index < -0.39 is 12.4 Å². The fourth-order valence-electron chi connectivity index (χ4n) is 1.10. The number of rotatable bonds is 0. The molecule has 4 nitrogen and oxygen atoms in total. The van der Waals surface area contributed by atoms with Crippen molar-refractivity contribution in [2.24, 2.45) is 5.73 Å². The highest BCUT2D eigenvalue weighted by Gasteiger charge is 2.31. The van der Waals surface area contributed by atoms with Gasteiger partial charge in [0.1, 0.15) is 0 Å². The minimum Gasteiger partial charge on any atom is -0.389 e. The molecule has 60 valence electrons. The molecule has 0 aromatic carbocycles. The molecular weight excluding hydrogens is 134 g/mol.